The number of hydrogen-bond donors (Lipinski definition) is 1. The summed E-state index contributed by atoms with van der Waals surface area (Å²) in [5.41, 5.74) is 0. The fourth-order valence-corrected chi connectivity index (χ4v) is 4.20. The number of rotatable bonds is 5. The van der Waals surface area contributed by atoms with E-state index >= 15 is 0 Å². The average molecular weight is 398 g/mol. The standard InChI is InChI=1S/C17H16ClNO6S/c18-12-1-3-13(4-2-12)25-14-5-7-15(8-6-14)26(22,23)19-9-10-24-11-16(19)17(20)21/h1-8,16H,9-11H2,(H,20,21). The molecule has 9 heteroatoms. The van der Waals surface area contributed by atoms with Crippen LogP contribution in [0.5, 0.6) is 11.5 Å². The van der Waals surface area contributed by atoms with Crippen molar-refractivity contribution in [3.05, 3.63) is 53.6 Å². The number of carboxylic acids is 1. The Morgan fingerprint density at radius 2 is 1.69 bits per heavy atom. The third kappa shape index (κ3) is 3.99. The Morgan fingerprint density at radius 1 is 1.12 bits per heavy atom. The maximum absolute atomic E-state index is 12.8. The molecule has 1 heterocycles. The summed E-state index contributed by atoms with van der Waals surface area (Å²) in [7, 11) is -3.95. The van der Waals surface area contributed by atoms with Gasteiger partial charge in [-0.25, -0.2) is 8.42 Å². The van der Waals surface area contributed by atoms with Crippen molar-refractivity contribution in [1.29, 1.82) is 0 Å². The minimum absolute atomic E-state index is 0.00546. The summed E-state index contributed by atoms with van der Waals surface area (Å²) in [6.45, 7) is -0.0323. The van der Waals surface area contributed by atoms with Crippen molar-refractivity contribution in [2.45, 2.75) is 10.9 Å². The molecule has 1 fully saturated rings. The molecule has 3 rings (SSSR count). The van der Waals surface area contributed by atoms with E-state index in [1.807, 2.05) is 0 Å². The van der Waals surface area contributed by atoms with E-state index < -0.39 is 22.0 Å². The summed E-state index contributed by atoms with van der Waals surface area (Å²) in [6.07, 6.45) is 0. The van der Waals surface area contributed by atoms with Gasteiger partial charge < -0.3 is 14.6 Å². The van der Waals surface area contributed by atoms with Crippen LogP contribution < -0.4 is 4.74 Å². The number of halogens is 1. The number of aliphatic carboxylic acids is 1. The number of ether oxygens (including phenoxy) is 2. The van der Waals surface area contributed by atoms with Gasteiger partial charge in [-0.15, -0.1) is 0 Å². The van der Waals surface area contributed by atoms with Crippen LogP contribution in [0.15, 0.2) is 53.4 Å². The summed E-state index contributed by atoms with van der Waals surface area (Å²) >= 11 is 5.82. The van der Waals surface area contributed by atoms with Gasteiger partial charge >= 0.3 is 5.97 Å². The highest BCUT2D eigenvalue weighted by Gasteiger charge is 2.38. The Balaban J connectivity index is 1.80. The normalized spacial score (nSPS) is 18.4. The molecule has 138 valence electrons. The van der Waals surface area contributed by atoms with Crippen LogP contribution in [0.3, 0.4) is 0 Å². The number of hydrogen-bond acceptors (Lipinski definition) is 5. The van der Waals surface area contributed by atoms with Crippen LogP contribution in [-0.2, 0) is 19.6 Å². The summed E-state index contributed by atoms with van der Waals surface area (Å²) in [5, 5.41) is 9.81. The highest BCUT2D eigenvalue weighted by Crippen LogP contribution is 2.26. The first-order chi connectivity index (χ1) is 12.4. The van der Waals surface area contributed by atoms with Crippen LogP contribution in [0.4, 0.5) is 0 Å². The summed E-state index contributed by atoms with van der Waals surface area (Å²) in [5.74, 6) is -0.233. The summed E-state index contributed by atoms with van der Waals surface area (Å²) < 4.78 is 37.2. The Labute approximate surface area is 155 Å². The first kappa shape index (κ1) is 18.7. The van der Waals surface area contributed by atoms with Crippen molar-refractivity contribution in [2.75, 3.05) is 19.8 Å². The van der Waals surface area contributed by atoms with E-state index in [2.05, 4.69) is 0 Å². The van der Waals surface area contributed by atoms with Gasteiger partial charge in [0.25, 0.3) is 0 Å². The molecule has 0 aromatic heterocycles. The van der Waals surface area contributed by atoms with Gasteiger partial charge in [0.1, 0.15) is 17.5 Å². The quantitative estimate of drug-likeness (QED) is 0.833. The molecule has 1 N–H and O–H groups in total. The molecule has 7 nitrogen and oxygen atoms in total. The van der Waals surface area contributed by atoms with Crippen molar-refractivity contribution in [3.8, 4) is 11.5 Å². The van der Waals surface area contributed by atoms with Crippen molar-refractivity contribution in [3.63, 3.8) is 0 Å². The van der Waals surface area contributed by atoms with Crippen LogP contribution in [-0.4, -0.2) is 49.6 Å². The molecule has 0 aliphatic carbocycles. The monoisotopic (exact) mass is 397 g/mol. The van der Waals surface area contributed by atoms with E-state index in [4.69, 9.17) is 21.1 Å². The number of morpholine rings is 1. The molecule has 1 atom stereocenters. The maximum Gasteiger partial charge on any atom is 0.324 e. The van der Waals surface area contributed by atoms with Crippen LogP contribution in [0.1, 0.15) is 0 Å². The molecule has 1 saturated heterocycles. The molecular formula is C17H16ClNO6S. The van der Waals surface area contributed by atoms with Gasteiger partial charge in [0.15, 0.2) is 0 Å². The van der Waals surface area contributed by atoms with E-state index in [-0.39, 0.29) is 24.7 Å². The lowest BCUT2D eigenvalue weighted by molar-refractivity contribution is -0.146. The second kappa shape index (κ2) is 7.63. The first-order valence-corrected chi connectivity index (χ1v) is 9.55. The van der Waals surface area contributed by atoms with Crippen LogP contribution in [0.2, 0.25) is 5.02 Å². The Morgan fingerprint density at radius 3 is 2.27 bits per heavy atom. The molecule has 0 spiro atoms. The summed E-state index contributed by atoms with van der Waals surface area (Å²) in [4.78, 5) is 11.3. The van der Waals surface area contributed by atoms with Crippen molar-refractivity contribution in [2.24, 2.45) is 0 Å². The Kier molecular flexibility index (Phi) is 5.47. The number of benzene rings is 2. The average Bonchev–Trinajstić information content (AvgIpc) is 2.64. The van der Waals surface area contributed by atoms with E-state index in [1.165, 1.54) is 24.3 Å². The molecule has 26 heavy (non-hydrogen) atoms. The molecule has 1 unspecified atom stereocenters. The minimum atomic E-state index is -3.95. The molecule has 1 aliphatic rings. The molecule has 0 saturated carbocycles. The van der Waals surface area contributed by atoms with E-state index in [0.717, 1.165) is 4.31 Å². The third-order valence-corrected chi connectivity index (χ3v) is 6.02. The van der Waals surface area contributed by atoms with E-state index in [1.54, 1.807) is 24.3 Å². The van der Waals surface area contributed by atoms with E-state index in [0.29, 0.717) is 16.5 Å². The second-order valence-electron chi connectivity index (χ2n) is 5.57. The van der Waals surface area contributed by atoms with Crippen molar-refractivity contribution < 1.29 is 27.8 Å². The molecule has 2 aromatic rings. The molecule has 1 aliphatic heterocycles. The lowest BCUT2D eigenvalue weighted by Gasteiger charge is -2.31. The fourth-order valence-electron chi connectivity index (χ4n) is 2.52. The molecule has 0 amide bonds. The second-order valence-corrected chi connectivity index (χ2v) is 7.90. The zero-order valence-electron chi connectivity index (χ0n) is 13.5. The number of carbonyl (C=O) groups is 1. The highest BCUT2D eigenvalue weighted by atomic mass is 35.5. The van der Waals surface area contributed by atoms with Crippen molar-refractivity contribution >= 4 is 27.6 Å². The van der Waals surface area contributed by atoms with E-state index in [9.17, 15) is 18.3 Å². The lowest BCUT2D eigenvalue weighted by atomic mass is 10.3. The maximum atomic E-state index is 12.8. The zero-order valence-corrected chi connectivity index (χ0v) is 15.1. The minimum Gasteiger partial charge on any atom is -0.480 e. The van der Waals surface area contributed by atoms with Gasteiger partial charge in [0, 0.05) is 11.6 Å². The van der Waals surface area contributed by atoms with Crippen LogP contribution >= 0.6 is 11.6 Å². The predicted molar refractivity (Wildman–Crippen MR) is 94.1 cm³/mol. The first-order valence-electron chi connectivity index (χ1n) is 7.74. The zero-order chi connectivity index (χ0) is 18.7. The predicted octanol–water partition coefficient (Wildman–Crippen LogP) is 2.61. The Bertz CT molecular complexity index is 882. The number of carboxylic acid groups (broad SMARTS) is 1. The third-order valence-electron chi connectivity index (χ3n) is 3.84. The largest absolute Gasteiger partial charge is 0.480 e. The molecule has 0 radical (unpaired) electrons. The number of sulfonamides is 1. The SMILES string of the molecule is O=C(O)C1COCCN1S(=O)(=O)c1ccc(Oc2ccc(Cl)cc2)cc1. The summed E-state index contributed by atoms with van der Waals surface area (Å²) in [6, 6.07) is 11.3. The van der Waals surface area contributed by atoms with Crippen LogP contribution in [0.25, 0.3) is 0 Å². The van der Waals surface area contributed by atoms with Gasteiger partial charge in [-0.2, -0.15) is 4.31 Å². The topological polar surface area (TPSA) is 93.1 Å². The van der Waals surface area contributed by atoms with Gasteiger partial charge in [0.2, 0.25) is 10.0 Å². The van der Waals surface area contributed by atoms with Gasteiger partial charge in [-0.3, -0.25) is 4.79 Å². The Hall–Kier alpha value is -2.13. The fraction of sp³-hybridized carbons (Fsp3) is 0.235. The van der Waals surface area contributed by atoms with Crippen molar-refractivity contribution in [1.82, 2.24) is 4.31 Å². The van der Waals surface area contributed by atoms with Gasteiger partial charge in [-0.05, 0) is 48.5 Å². The smallest absolute Gasteiger partial charge is 0.324 e. The molecule has 2 aromatic carbocycles. The molecular weight excluding hydrogens is 382 g/mol. The molecule has 0 bridgehead atoms. The lowest BCUT2D eigenvalue weighted by Crippen LogP contribution is -2.52. The van der Waals surface area contributed by atoms with Gasteiger partial charge in [0.05, 0.1) is 18.1 Å². The van der Waals surface area contributed by atoms with Gasteiger partial charge in [-0.1, -0.05) is 11.6 Å². The highest BCUT2D eigenvalue weighted by molar-refractivity contribution is 7.89. The number of nitrogens with zero attached hydrogens (tertiary/aromatic N) is 1. The van der Waals surface area contributed by atoms with Crippen LogP contribution in [0, 0.1) is 0 Å².